The van der Waals surface area contributed by atoms with Gasteiger partial charge in [-0.2, -0.15) is 11.3 Å². The maximum Gasteiger partial charge on any atom is 0.224 e. The number of sulfone groups is 1. The Morgan fingerprint density at radius 2 is 2.35 bits per heavy atom. The molecule has 4 nitrogen and oxygen atoms in total. The van der Waals surface area contributed by atoms with E-state index in [-0.39, 0.29) is 23.3 Å². The third-order valence-electron chi connectivity index (χ3n) is 2.86. The van der Waals surface area contributed by atoms with Crippen LogP contribution >= 0.6 is 11.3 Å². The lowest BCUT2D eigenvalue weighted by Gasteiger charge is -2.08. The van der Waals surface area contributed by atoms with Gasteiger partial charge >= 0.3 is 0 Å². The highest BCUT2D eigenvalue weighted by molar-refractivity contribution is 7.91. The Balaban J connectivity index is 1.74. The number of rotatable bonds is 4. The van der Waals surface area contributed by atoms with Crippen molar-refractivity contribution in [3.8, 4) is 0 Å². The van der Waals surface area contributed by atoms with Gasteiger partial charge in [0.2, 0.25) is 5.91 Å². The van der Waals surface area contributed by atoms with E-state index in [0.717, 1.165) is 5.56 Å². The average molecular weight is 273 g/mol. The largest absolute Gasteiger partial charge is 0.356 e. The van der Waals surface area contributed by atoms with Crippen LogP contribution < -0.4 is 5.32 Å². The van der Waals surface area contributed by atoms with Crippen molar-refractivity contribution in [1.82, 2.24) is 5.32 Å². The lowest BCUT2D eigenvalue weighted by Crippen LogP contribution is -2.30. The van der Waals surface area contributed by atoms with E-state index in [2.05, 4.69) is 5.32 Å². The summed E-state index contributed by atoms with van der Waals surface area (Å²) in [6.07, 6.45) is 1.05. The Kier molecular flexibility index (Phi) is 3.83. The van der Waals surface area contributed by atoms with Gasteiger partial charge in [-0.25, -0.2) is 8.42 Å². The topological polar surface area (TPSA) is 63.2 Å². The standard InChI is InChI=1S/C11H15NO3S2/c13-11(5-9-1-3-16-7-9)12-6-10-2-4-17(14,15)8-10/h1,3,7,10H,2,4-6,8H2,(H,12,13)/t10-/m1/s1. The van der Waals surface area contributed by atoms with Crippen molar-refractivity contribution in [2.24, 2.45) is 5.92 Å². The first-order chi connectivity index (χ1) is 8.05. The third kappa shape index (κ3) is 3.81. The van der Waals surface area contributed by atoms with E-state index in [1.807, 2.05) is 16.8 Å². The van der Waals surface area contributed by atoms with E-state index >= 15 is 0 Å². The molecule has 2 rings (SSSR count). The first kappa shape index (κ1) is 12.6. The second kappa shape index (κ2) is 5.18. The molecular formula is C11H15NO3S2. The molecule has 1 aliphatic heterocycles. The lowest BCUT2D eigenvalue weighted by atomic mass is 10.1. The number of amides is 1. The lowest BCUT2D eigenvalue weighted by molar-refractivity contribution is -0.120. The van der Waals surface area contributed by atoms with Crippen LogP contribution in [0, 0.1) is 5.92 Å². The van der Waals surface area contributed by atoms with E-state index in [0.29, 0.717) is 19.4 Å². The molecular weight excluding hydrogens is 258 g/mol. The van der Waals surface area contributed by atoms with Crippen molar-refractivity contribution >= 4 is 27.1 Å². The molecule has 1 N–H and O–H groups in total. The van der Waals surface area contributed by atoms with Crippen LogP contribution in [0.4, 0.5) is 0 Å². The zero-order valence-electron chi connectivity index (χ0n) is 9.39. The normalized spacial score (nSPS) is 22.5. The van der Waals surface area contributed by atoms with Gasteiger partial charge < -0.3 is 5.32 Å². The highest BCUT2D eigenvalue weighted by Crippen LogP contribution is 2.17. The van der Waals surface area contributed by atoms with Crippen LogP contribution in [-0.2, 0) is 21.1 Å². The minimum atomic E-state index is -2.84. The Labute approximate surface area is 105 Å². The third-order valence-corrected chi connectivity index (χ3v) is 5.43. The van der Waals surface area contributed by atoms with Crippen LogP contribution in [0.2, 0.25) is 0 Å². The quantitative estimate of drug-likeness (QED) is 0.884. The Morgan fingerprint density at radius 3 is 2.94 bits per heavy atom. The zero-order valence-corrected chi connectivity index (χ0v) is 11.0. The van der Waals surface area contributed by atoms with Crippen molar-refractivity contribution in [3.63, 3.8) is 0 Å². The average Bonchev–Trinajstić information content (AvgIpc) is 2.85. The van der Waals surface area contributed by atoms with E-state index in [1.165, 1.54) is 0 Å². The molecule has 1 atom stereocenters. The van der Waals surface area contributed by atoms with Gasteiger partial charge in [0.25, 0.3) is 0 Å². The summed E-state index contributed by atoms with van der Waals surface area (Å²) in [6, 6.07) is 1.92. The molecule has 17 heavy (non-hydrogen) atoms. The van der Waals surface area contributed by atoms with E-state index in [9.17, 15) is 13.2 Å². The summed E-state index contributed by atoms with van der Waals surface area (Å²) < 4.78 is 22.5. The molecule has 2 heterocycles. The van der Waals surface area contributed by atoms with Gasteiger partial charge in [-0.3, -0.25) is 4.79 Å². The molecule has 0 radical (unpaired) electrons. The summed E-state index contributed by atoms with van der Waals surface area (Å²) >= 11 is 1.57. The highest BCUT2D eigenvalue weighted by Gasteiger charge is 2.27. The predicted molar refractivity (Wildman–Crippen MR) is 67.8 cm³/mol. The number of carbonyl (C=O) groups is 1. The Hall–Kier alpha value is -0.880. The Bertz CT molecular complexity index is 479. The minimum Gasteiger partial charge on any atom is -0.356 e. The number of thiophene rings is 1. The molecule has 1 aromatic heterocycles. The fourth-order valence-electron chi connectivity index (χ4n) is 1.93. The highest BCUT2D eigenvalue weighted by atomic mass is 32.2. The number of hydrogen-bond donors (Lipinski definition) is 1. The molecule has 0 unspecified atom stereocenters. The SMILES string of the molecule is O=C(Cc1ccsc1)NC[C@H]1CCS(=O)(=O)C1. The van der Waals surface area contributed by atoms with Crippen LogP contribution in [0.25, 0.3) is 0 Å². The van der Waals surface area contributed by atoms with Crippen molar-refractivity contribution in [3.05, 3.63) is 22.4 Å². The zero-order chi connectivity index (χ0) is 12.3. The molecule has 0 bridgehead atoms. The van der Waals surface area contributed by atoms with Gasteiger partial charge in [0.1, 0.15) is 0 Å². The summed E-state index contributed by atoms with van der Waals surface area (Å²) in [7, 11) is -2.84. The van der Waals surface area contributed by atoms with Crippen LogP contribution in [-0.4, -0.2) is 32.4 Å². The monoisotopic (exact) mass is 273 g/mol. The second-order valence-electron chi connectivity index (χ2n) is 4.38. The molecule has 1 fully saturated rings. The van der Waals surface area contributed by atoms with Crippen LogP contribution in [0.3, 0.4) is 0 Å². The van der Waals surface area contributed by atoms with E-state index in [4.69, 9.17) is 0 Å². The van der Waals surface area contributed by atoms with Crippen molar-refractivity contribution in [1.29, 1.82) is 0 Å². The van der Waals surface area contributed by atoms with E-state index in [1.54, 1.807) is 11.3 Å². The summed E-state index contributed by atoms with van der Waals surface area (Å²) in [6.45, 7) is 0.474. The van der Waals surface area contributed by atoms with Gasteiger partial charge in [0, 0.05) is 6.54 Å². The first-order valence-corrected chi connectivity index (χ1v) is 8.30. The number of carbonyl (C=O) groups excluding carboxylic acids is 1. The van der Waals surface area contributed by atoms with Crippen LogP contribution in [0.1, 0.15) is 12.0 Å². The maximum absolute atomic E-state index is 11.6. The first-order valence-electron chi connectivity index (χ1n) is 5.53. The van der Waals surface area contributed by atoms with Gasteiger partial charge in [0.15, 0.2) is 9.84 Å². The molecule has 94 valence electrons. The van der Waals surface area contributed by atoms with Crippen LogP contribution in [0.15, 0.2) is 16.8 Å². The molecule has 0 saturated carbocycles. The summed E-state index contributed by atoms with van der Waals surface area (Å²) in [5.41, 5.74) is 1.01. The molecule has 0 aliphatic carbocycles. The van der Waals surface area contributed by atoms with Crippen molar-refractivity contribution in [2.45, 2.75) is 12.8 Å². The van der Waals surface area contributed by atoms with Crippen molar-refractivity contribution < 1.29 is 13.2 Å². The van der Waals surface area contributed by atoms with Crippen LogP contribution in [0.5, 0.6) is 0 Å². The fourth-order valence-corrected chi connectivity index (χ4v) is 4.46. The van der Waals surface area contributed by atoms with Crippen molar-refractivity contribution in [2.75, 3.05) is 18.1 Å². The fraction of sp³-hybridized carbons (Fsp3) is 0.545. The summed E-state index contributed by atoms with van der Waals surface area (Å²) in [5.74, 6) is 0.531. The smallest absolute Gasteiger partial charge is 0.224 e. The second-order valence-corrected chi connectivity index (χ2v) is 7.39. The molecule has 0 spiro atoms. The van der Waals surface area contributed by atoms with Gasteiger partial charge in [0.05, 0.1) is 17.9 Å². The van der Waals surface area contributed by atoms with Gasteiger partial charge in [-0.05, 0) is 34.7 Å². The number of hydrogen-bond acceptors (Lipinski definition) is 4. The summed E-state index contributed by atoms with van der Waals surface area (Å²) in [4.78, 5) is 11.6. The van der Waals surface area contributed by atoms with Gasteiger partial charge in [-0.15, -0.1) is 0 Å². The maximum atomic E-state index is 11.6. The Morgan fingerprint density at radius 1 is 1.53 bits per heavy atom. The summed E-state index contributed by atoms with van der Waals surface area (Å²) in [5, 5.41) is 6.68. The molecule has 1 saturated heterocycles. The van der Waals surface area contributed by atoms with Gasteiger partial charge in [-0.1, -0.05) is 0 Å². The number of nitrogens with one attached hydrogen (secondary N) is 1. The molecule has 1 aromatic rings. The molecule has 1 amide bonds. The minimum absolute atomic E-state index is 0.0345. The molecule has 0 aromatic carbocycles. The van der Waals surface area contributed by atoms with E-state index < -0.39 is 9.84 Å². The predicted octanol–water partition coefficient (Wildman–Crippen LogP) is 0.842. The molecule has 1 aliphatic rings. The molecule has 6 heteroatoms.